The Morgan fingerprint density at radius 2 is 1.66 bits per heavy atom. The first-order chi connectivity index (χ1) is 18.5. The van der Waals surface area contributed by atoms with Crippen LogP contribution in [0.1, 0.15) is 33.4 Å². The maximum absolute atomic E-state index is 14.2. The van der Waals surface area contributed by atoms with Gasteiger partial charge in [-0.15, -0.1) is 0 Å². The highest BCUT2D eigenvalue weighted by molar-refractivity contribution is 6.05. The van der Waals surface area contributed by atoms with Crippen molar-refractivity contribution in [2.45, 2.75) is 12.0 Å². The fraction of sp³-hybridized carbons (Fsp3) is 0.267. The molecule has 0 fully saturated rings. The van der Waals surface area contributed by atoms with Crippen LogP contribution < -0.4 is 14.8 Å². The number of nitrogens with zero attached hydrogens (tertiary/aromatic N) is 2. The summed E-state index contributed by atoms with van der Waals surface area (Å²) in [7, 11) is 6.70. The molecule has 0 radical (unpaired) electrons. The molecule has 0 saturated carbocycles. The predicted molar refractivity (Wildman–Crippen MR) is 146 cm³/mol. The number of ether oxygens (including phenoxy) is 3. The minimum atomic E-state index is -0.667. The molecular formula is C30H31N3O5. The van der Waals surface area contributed by atoms with Gasteiger partial charge in [-0.05, 0) is 29.8 Å². The Morgan fingerprint density at radius 1 is 0.921 bits per heavy atom. The molecule has 1 N–H and O–H groups in total. The lowest BCUT2D eigenvalue weighted by Gasteiger charge is -2.41. The van der Waals surface area contributed by atoms with Crippen molar-refractivity contribution in [1.82, 2.24) is 9.47 Å². The number of nitrogens with one attached hydrogen (secondary N) is 1. The van der Waals surface area contributed by atoms with Crippen LogP contribution in [0, 0.1) is 0 Å². The van der Waals surface area contributed by atoms with Crippen molar-refractivity contribution < 1.29 is 23.8 Å². The summed E-state index contributed by atoms with van der Waals surface area (Å²) in [5, 5.41) is 4.07. The second-order valence-electron chi connectivity index (χ2n) is 9.27. The van der Waals surface area contributed by atoms with Crippen molar-refractivity contribution in [3.05, 3.63) is 89.6 Å². The molecule has 2 atom stereocenters. The number of para-hydroxylation sites is 1. The molecule has 1 aliphatic heterocycles. The van der Waals surface area contributed by atoms with Crippen molar-refractivity contribution in [1.29, 1.82) is 0 Å². The van der Waals surface area contributed by atoms with E-state index in [-0.39, 0.29) is 11.8 Å². The number of anilines is 1. The van der Waals surface area contributed by atoms with E-state index < -0.39 is 12.0 Å². The predicted octanol–water partition coefficient (Wildman–Crippen LogP) is 4.76. The van der Waals surface area contributed by atoms with Crippen LogP contribution >= 0.6 is 0 Å². The summed E-state index contributed by atoms with van der Waals surface area (Å²) in [6.07, 6.45) is 2.02. The van der Waals surface area contributed by atoms with Gasteiger partial charge in [0.1, 0.15) is 0 Å². The average molecular weight is 514 g/mol. The number of benzene rings is 3. The maximum Gasteiger partial charge on any atom is 0.254 e. The van der Waals surface area contributed by atoms with Crippen molar-refractivity contribution in [2.24, 2.45) is 7.05 Å². The van der Waals surface area contributed by atoms with Gasteiger partial charge in [0.25, 0.3) is 5.91 Å². The summed E-state index contributed by atoms with van der Waals surface area (Å²) < 4.78 is 18.2. The largest absolute Gasteiger partial charge is 0.493 e. The fourth-order valence-electron chi connectivity index (χ4n) is 5.40. The van der Waals surface area contributed by atoms with Crippen molar-refractivity contribution in [3.8, 4) is 11.5 Å². The molecule has 38 heavy (non-hydrogen) atoms. The topological polar surface area (TPSA) is 82.0 Å². The Kier molecular flexibility index (Phi) is 7.07. The van der Waals surface area contributed by atoms with Crippen molar-refractivity contribution in [2.75, 3.05) is 39.8 Å². The van der Waals surface area contributed by atoms with Crippen LogP contribution in [0.4, 0.5) is 5.69 Å². The zero-order valence-corrected chi connectivity index (χ0v) is 21.9. The molecule has 0 unspecified atom stereocenters. The molecule has 0 spiro atoms. The van der Waals surface area contributed by atoms with E-state index in [1.165, 1.54) is 0 Å². The van der Waals surface area contributed by atoms with Gasteiger partial charge in [-0.1, -0.05) is 36.4 Å². The van der Waals surface area contributed by atoms with Crippen LogP contribution in [-0.2, 0) is 16.6 Å². The van der Waals surface area contributed by atoms with E-state index in [2.05, 4.69) is 5.32 Å². The minimum absolute atomic E-state index is 0.120. The lowest BCUT2D eigenvalue weighted by Crippen LogP contribution is -2.47. The van der Waals surface area contributed by atoms with E-state index in [0.29, 0.717) is 41.5 Å². The molecule has 1 aliphatic rings. The Hall–Kier alpha value is -4.30. The summed E-state index contributed by atoms with van der Waals surface area (Å²) in [6, 6.07) is 20.1. The first-order valence-corrected chi connectivity index (χ1v) is 12.4. The number of fused-ring (bicyclic) bond motifs is 2. The fourth-order valence-corrected chi connectivity index (χ4v) is 5.40. The highest BCUT2D eigenvalue weighted by Gasteiger charge is 2.45. The third-order valence-electron chi connectivity index (χ3n) is 7.15. The molecule has 1 aromatic heterocycles. The van der Waals surface area contributed by atoms with Crippen LogP contribution in [0.3, 0.4) is 0 Å². The standard InChI is InChI=1S/C30H31N3O5/c1-32-18-23(20-9-7-8-12-24(20)32)28-27(29(34)31-19-13-14-25(37-3)26(17-19)38-4)21-10-5-6-11-22(21)30(35)33(28)15-16-36-2/h5-14,17-18,27-28H,15-16H2,1-4H3,(H,31,34)/t27-,28-/m0/s1. The molecule has 4 aromatic rings. The Labute approximate surface area is 221 Å². The Bertz CT molecular complexity index is 1490. The van der Waals surface area contributed by atoms with Gasteiger partial charge in [-0.2, -0.15) is 0 Å². The Morgan fingerprint density at radius 3 is 2.42 bits per heavy atom. The van der Waals surface area contributed by atoms with E-state index in [9.17, 15) is 9.59 Å². The number of hydrogen-bond donors (Lipinski definition) is 1. The van der Waals surface area contributed by atoms with Gasteiger partial charge in [0.15, 0.2) is 11.5 Å². The molecule has 0 aliphatic carbocycles. The van der Waals surface area contributed by atoms with E-state index in [4.69, 9.17) is 14.2 Å². The number of carbonyl (C=O) groups excluding carboxylic acids is 2. The number of rotatable bonds is 8. The average Bonchev–Trinajstić information content (AvgIpc) is 3.28. The second kappa shape index (κ2) is 10.6. The first-order valence-electron chi connectivity index (χ1n) is 12.4. The van der Waals surface area contributed by atoms with Gasteiger partial charge in [0.2, 0.25) is 5.91 Å². The van der Waals surface area contributed by atoms with Crippen LogP contribution in [0.15, 0.2) is 72.9 Å². The van der Waals surface area contributed by atoms with Crippen LogP contribution in [0.2, 0.25) is 0 Å². The van der Waals surface area contributed by atoms with E-state index in [1.54, 1.807) is 50.5 Å². The third kappa shape index (κ3) is 4.37. The highest BCUT2D eigenvalue weighted by atomic mass is 16.5. The highest BCUT2D eigenvalue weighted by Crippen LogP contribution is 2.45. The van der Waals surface area contributed by atoms with Crippen molar-refractivity contribution in [3.63, 3.8) is 0 Å². The number of amides is 2. The Balaban J connectivity index is 1.66. The molecule has 5 rings (SSSR count). The maximum atomic E-state index is 14.2. The molecule has 0 saturated heterocycles. The van der Waals surface area contributed by atoms with Gasteiger partial charge < -0.3 is 29.0 Å². The number of aryl methyl sites for hydroxylation is 1. The van der Waals surface area contributed by atoms with Crippen LogP contribution in [-0.4, -0.2) is 55.8 Å². The lowest BCUT2D eigenvalue weighted by atomic mass is 9.79. The monoisotopic (exact) mass is 513 g/mol. The number of aromatic nitrogens is 1. The van der Waals surface area contributed by atoms with Gasteiger partial charge in [-0.25, -0.2) is 0 Å². The number of hydrogen-bond acceptors (Lipinski definition) is 5. The summed E-state index contributed by atoms with van der Waals surface area (Å²) >= 11 is 0. The molecule has 8 heteroatoms. The smallest absolute Gasteiger partial charge is 0.254 e. The zero-order chi connectivity index (χ0) is 26.8. The van der Waals surface area contributed by atoms with E-state index >= 15 is 0 Å². The normalized spacial score (nSPS) is 16.8. The molecule has 0 bridgehead atoms. The van der Waals surface area contributed by atoms with Gasteiger partial charge in [0.05, 0.1) is 32.8 Å². The van der Waals surface area contributed by atoms with Crippen LogP contribution in [0.5, 0.6) is 11.5 Å². The molecule has 2 heterocycles. The summed E-state index contributed by atoms with van der Waals surface area (Å²) in [5.74, 6) is 0.0678. The number of carbonyl (C=O) groups is 2. The van der Waals surface area contributed by atoms with E-state index in [0.717, 1.165) is 16.5 Å². The third-order valence-corrected chi connectivity index (χ3v) is 7.15. The molecule has 8 nitrogen and oxygen atoms in total. The van der Waals surface area contributed by atoms with Crippen molar-refractivity contribution >= 4 is 28.4 Å². The quantitative estimate of drug-likeness (QED) is 0.367. The number of methoxy groups -OCH3 is 3. The first kappa shape index (κ1) is 25.4. The van der Waals surface area contributed by atoms with Gasteiger partial charge in [-0.3, -0.25) is 9.59 Å². The zero-order valence-electron chi connectivity index (χ0n) is 21.9. The summed E-state index contributed by atoms with van der Waals surface area (Å²) in [6.45, 7) is 0.691. The SMILES string of the molecule is COCCN1C(=O)c2ccccc2[C@H](C(=O)Nc2ccc(OC)c(OC)c2)[C@@H]1c1cn(C)c2ccccc12. The van der Waals surface area contributed by atoms with Crippen LogP contribution in [0.25, 0.3) is 10.9 Å². The van der Waals surface area contributed by atoms with E-state index in [1.807, 2.05) is 60.3 Å². The summed E-state index contributed by atoms with van der Waals surface area (Å²) in [4.78, 5) is 29.8. The molecular weight excluding hydrogens is 482 g/mol. The molecule has 3 aromatic carbocycles. The molecule has 196 valence electrons. The molecule has 2 amide bonds. The lowest BCUT2D eigenvalue weighted by molar-refractivity contribution is -0.119. The second-order valence-corrected chi connectivity index (χ2v) is 9.27. The summed E-state index contributed by atoms with van der Waals surface area (Å²) in [5.41, 5.74) is 3.73. The van der Waals surface area contributed by atoms with Gasteiger partial charge >= 0.3 is 0 Å². The minimum Gasteiger partial charge on any atom is -0.493 e. The van der Waals surface area contributed by atoms with Gasteiger partial charge in [0, 0.05) is 60.7 Å².